The molecule has 3 rings (SSSR count). The number of hydrogen-bond donors (Lipinski definition) is 1. The highest BCUT2D eigenvalue weighted by Crippen LogP contribution is 2.32. The van der Waals surface area contributed by atoms with Gasteiger partial charge in [-0.2, -0.15) is 0 Å². The molecule has 7 nitrogen and oxygen atoms in total. The highest BCUT2D eigenvalue weighted by atomic mass is 32.2. The van der Waals surface area contributed by atoms with Crippen molar-refractivity contribution in [1.29, 1.82) is 0 Å². The zero-order valence-corrected chi connectivity index (χ0v) is 20.2. The van der Waals surface area contributed by atoms with Gasteiger partial charge in [0.1, 0.15) is 12.4 Å². The molecule has 0 saturated heterocycles. The predicted molar refractivity (Wildman–Crippen MR) is 128 cm³/mol. The van der Waals surface area contributed by atoms with Crippen LogP contribution >= 0.6 is 0 Å². The number of anilines is 1. The predicted octanol–water partition coefficient (Wildman–Crippen LogP) is 4.22. The lowest BCUT2D eigenvalue weighted by Crippen LogP contribution is -2.41. The van der Waals surface area contributed by atoms with Gasteiger partial charge in [-0.1, -0.05) is 29.8 Å². The van der Waals surface area contributed by atoms with Crippen molar-refractivity contribution in [2.45, 2.75) is 24.8 Å². The third-order valence-electron chi connectivity index (χ3n) is 5.30. The molecule has 0 aliphatic carbocycles. The Morgan fingerprint density at radius 2 is 1.59 bits per heavy atom. The Morgan fingerprint density at radius 3 is 2.18 bits per heavy atom. The summed E-state index contributed by atoms with van der Waals surface area (Å²) in [6.45, 7) is 3.28. The van der Waals surface area contributed by atoms with Crippen molar-refractivity contribution < 1.29 is 27.1 Å². The molecule has 0 spiro atoms. The van der Waals surface area contributed by atoms with Crippen LogP contribution in [0.4, 0.5) is 10.1 Å². The second kappa shape index (κ2) is 10.6. The Morgan fingerprint density at radius 1 is 0.971 bits per heavy atom. The number of benzene rings is 3. The van der Waals surface area contributed by atoms with Gasteiger partial charge in [0.05, 0.1) is 30.8 Å². The molecule has 0 radical (unpaired) electrons. The van der Waals surface area contributed by atoms with Gasteiger partial charge < -0.3 is 14.8 Å². The molecule has 1 amide bonds. The normalized spacial score (nSPS) is 12.0. The molecule has 3 aromatic carbocycles. The molecule has 0 aliphatic heterocycles. The summed E-state index contributed by atoms with van der Waals surface area (Å²) in [5.41, 5.74) is 2.12. The van der Waals surface area contributed by atoms with Crippen molar-refractivity contribution in [1.82, 2.24) is 5.32 Å². The summed E-state index contributed by atoms with van der Waals surface area (Å²) in [5, 5.41) is 2.83. The maximum atomic E-state index is 13.6. The largest absolute Gasteiger partial charge is 0.493 e. The fourth-order valence-corrected chi connectivity index (χ4v) is 4.82. The van der Waals surface area contributed by atoms with Gasteiger partial charge in [0, 0.05) is 6.07 Å². The lowest BCUT2D eigenvalue weighted by molar-refractivity contribution is -0.120. The number of sulfonamides is 1. The second-order valence-electron chi connectivity index (χ2n) is 7.70. The standard InChI is InChI=1S/C25H27FN2O5S/c1-17-5-7-19(8-6-17)18(2)27-25(29)16-28(21-11-9-20(26)10-12-21)34(30,31)22-13-14-23(32-3)24(15-22)33-4/h5-15,18H,16H2,1-4H3,(H,27,29). The molecule has 0 aliphatic rings. The molecule has 0 fully saturated rings. The molecular formula is C25H27FN2O5S. The quantitative estimate of drug-likeness (QED) is 0.490. The van der Waals surface area contributed by atoms with E-state index in [9.17, 15) is 17.6 Å². The first-order valence-electron chi connectivity index (χ1n) is 10.5. The van der Waals surface area contributed by atoms with Gasteiger partial charge in [-0.3, -0.25) is 9.10 Å². The average molecular weight is 487 g/mol. The molecular weight excluding hydrogens is 459 g/mol. The minimum Gasteiger partial charge on any atom is -0.493 e. The van der Waals surface area contributed by atoms with Crippen LogP contribution in [-0.4, -0.2) is 35.1 Å². The lowest BCUT2D eigenvalue weighted by Gasteiger charge is -2.25. The van der Waals surface area contributed by atoms with Gasteiger partial charge in [0.25, 0.3) is 10.0 Å². The van der Waals surface area contributed by atoms with E-state index in [0.29, 0.717) is 5.75 Å². The van der Waals surface area contributed by atoms with Crippen LogP contribution in [-0.2, 0) is 14.8 Å². The van der Waals surface area contributed by atoms with E-state index in [2.05, 4.69) is 5.32 Å². The maximum Gasteiger partial charge on any atom is 0.264 e. The maximum absolute atomic E-state index is 13.6. The Kier molecular flexibility index (Phi) is 7.78. The molecule has 1 atom stereocenters. The summed E-state index contributed by atoms with van der Waals surface area (Å²) in [6.07, 6.45) is 0. The van der Waals surface area contributed by atoms with Crippen LogP contribution in [0.25, 0.3) is 0 Å². The number of rotatable bonds is 9. The summed E-state index contributed by atoms with van der Waals surface area (Å²) in [4.78, 5) is 12.8. The zero-order valence-electron chi connectivity index (χ0n) is 19.4. The molecule has 0 heterocycles. The van der Waals surface area contributed by atoms with E-state index in [4.69, 9.17) is 9.47 Å². The van der Waals surface area contributed by atoms with Crippen molar-refractivity contribution in [3.8, 4) is 11.5 Å². The number of hydrogen-bond acceptors (Lipinski definition) is 5. The van der Waals surface area contributed by atoms with Gasteiger partial charge in [0.15, 0.2) is 11.5 Å². The van der Waals surface area contributed by atoms with Gasteiger partial charge in [0.2, 0.25) is 5.91 Å². The summed E-state index contributed by atoms with van der Waals surface area (Å²) < 4.78 is 52.0. The zero-order chi connectivity index (χ0) is 24.9. The molecule has 1 N–H and O–H groups in total. The Labute approximate surface area is 199 Å². The molecule has 1 unspecified atom stereocenters. The van der Waals surface area contributed by atoms with Crippen molar-refractivity contribution in [3.63, 3.8) is 0 Å². The number of carbonyl (C=O) groups excluding carboxylic acids is 1. The topological polar surface area (TPSA) is 84.9 Å². The van der Waals surface area contributed by atoms with Gasteiger partial charge in [-0.15, -0.1) is 0 Å². The van der Waals surface area contributed by atoms with E-state index < -0.39 is 28.3 Å². The first kappa shape index (κ1) is 25.0. The summed E-state index contributed by atoms with van der Waals surface area (Å²) in [6, 6.07) is 16.4. The second-order valence-corrected chi connectivity index (χ2v) is 9.57. The van der Waals surface area contributed by atoms with Crippen LogP contribution in [0.2, 0.25) is 0 Å². The van der Waals surface area contributed by atoms with E-state index in [1.807, 2.05) is 38.1 Å². The van der Waals surface area contributed by atoms with Crippen LogP contribution in [0, 0.1) is 12.7 Å². The van der Waals surface area contributed by atoms with Crippen LogP contribution in [0.3, 0.4) is 0 Å². The molecule has 3 aromatic rings. The molecule has 0 saturated carbocycles. The van der Waals surface area contributed by atoms with Crippen LogP contribution in [0.1, 0.15) is 24.1 Å². The third kappa shape index (κ3) is 5.66. The molecule has 34 heavy (non-hydrogen) atoms. The monoisotopic (exact) mass is 486 g/mol. The number of halogens is 1. The van der Waals surface area contributed by atoms with Crippen LogP contribution in [0.15, 0.2) is 71.6 Å². The number of nitrogens with one attached hydrogen (secondary N) is 1. The van der Waals surface area contributed by atoms with Crippen molar-refractivity contribution >= 4 is 21.6 Å². The number of amides is 1. The summed E-state index contributed by atoms with van der Waals surface area (Å²) in [7, 11) is -1.38. The van der Waals surface area contributed by atoms with E-state index in [0.717, 1.165) is 27.6 Å². The number of aryl methyl sites for hydroxylation is 1. The number of nitrogens with zero attached hydrogens (tertiary/aromatic N) is 1. The minimum absolute atomic E-state index is 0.103. The third-order valence-corrected chi connectivity index (χ3v) is 7.07. The Bertz CT molecular complexity index is 1250. The van der Waals surface area contributed by atoms with Crippen LogP contribution in [0.5, 0.6) is 11.5 Å². The fourth-order valence-electron chi connectivity index (χ4n) is 3.38. The van der Waals surface area contributed by atoms with E-state index >= 15 is 0 Å². The first-order chi connectivity index (χ1) is 16.1. The van der Waals surface area contributed by atoms with E-state index in [1.54, 1.807) is 0 Å². The van der Waals surface area contributed by atoms with Crippen molar-refractivity contribution in [2.24, 2.45) is 0 Å². The lowest BCUT2D eigenvalue weighted by atomic mass is 10.1. The van der Waals surface area contributed by atoms with Gasteiger partial charge >= 0.3 is 0 Å². The highest BCUT2D eigenvalue weighted by molar-refractivity contribution is 7.92. The fraction of sp³-hybridized carbons (Fsp3) is 0.240. The summed E-state index contributed by atoms with van der Waals surface area (Å²) >= 11 is 0. The molecule has 180 valence electrons. The summed E-state index contributed by atoms with van der Waals surface area (Å²) in [5.74, 6) is -0.453. The van der Waals surface area contributed by atoms with Crippen molar-refractivity contribution in [2.75, 3.05) is 25.1 Å². The number of carbonyl (C=O) groups is 1. The molecule has 0 bridgehead atoms. The smallest absolute Gasteiger partial charge is 0.264 e. The van der Waals surface area contributed by atoms with Gasteiger partial charge in [-0.05, 0) is 55.8 Å². The highest BCUT2D eigenvalue weighted by Gasteiger charge is 2.29. The van der Waals surface area contributed by atoms with E-state index in [1.165, 1.54) is 44.6 Å². The molecule has 9 heteroatoms. The Balaban J connectivity index is 1.93. The first-order valence-corrected chi connectivity index (χ1v) is 12.0. The molecule has 0 aromatic heterocycles. The van der Waals surface area contributed by atoms with E-state index in [-0.39, 0.29) is 22.4 Å². The minimum atomic E-state index is -4.21. The Hall–Kier alpha value is -3.59. The van der Waals surface area contributed by atoms with Gasteiger partial charge in [-0.25, -0.2) is 12.8 Å². The SMILES string of the molecule is COc1ccc(S(=O)(=O)N(CC(=O)NC(C)c2ccc(C)cc2)c2ccc(F)cc2)cc1OC. The number of methoxy groups -OCH3 is 2. The van der Waals surface area contributed by atoms with Crippen LogP contribution < -0.4 is 19.1 Å². The average Bonchev–Trinajstić information content (AvgIpc) is 2.83. The van der Waals surface area contributed by atoms with Crippen molar-refractivity contribution in [3.05, 3.63) is 83.7 Å². The number of ether oxygens (including phenoxy) is 2.